The van der Waals surface area contributed by atoms with Gasteiger partial charge in [-0.05, 0) is 73.4 Å². The molecule has 0 fully saturated rings. The summed E-state index contributed by atoms with van der Waals surface area (Å²) < 4.78 is 27.5. The highest BCUT2D eigenvalue weighted by atomic mass is 79.9. The Bertz CT molecular complexity index is 1200. The largest absolute Gasteiger partial charge is 0.322 e. The highest BCUT2D eigenvalue weighted by Gasteiger charge is 2.21. The van der Waals surface area contributed by atoms with Gasteiger partial charge in [0.2, 0.25) is 10.0 Å². The van der Waals surface area contributed by atoms with Gasteiger partial charge in [0.25, 0.3) is 5.91 Å². The van der Waals surface area contributed by atoms with E-state index in [0.29, 0.717) is 16.9 Å². The Labute approximate surface area is 192 Å². The molecule has 0 aliphatic carbocycles. The van der Waals surface area contributed by atoms with E-state index in [2.05, 4.69) is 21.2 Å². The zero-order valence-electron chi connectivity index (χ0n) is 17.9. The first-order valence-corrected chi connectivity index (χ1v) is 12.4. The quantitative estimate of drug-likeness (QED) is 0.479. The van der Waals surface area contributed by atoms with Crippen LogP contribution in [0.1, 0.15) is 32.6 Å². The molecule has 0 bridgehead atoms. The minimum atomic E-state index is -3.49. The summed E-state index contributed by atoms with van der Waals surface area (Å²) in [4.78, 5) is 12.6. The molecule has 0 radical (unpaired) electrons. The first kappa shape index (κ1) is 23.0. The van der Waals surface area contributed by atoms with Crippen molar-refractivity contribution in [1.29, 1.82) is 0 Å². The Morgan fingerprint density at radius 2 is 1.55 bits per heavy atom. The second-order valence-electron chi connectivity index (χ2n) is 7.63. The standard InChI is InChI=1S/C24H25BrN2O3S/c1-16-6-5-7-17(2)23(16)27(31(4,29)30)15-19-8-10-20(11-9-19)24(28)26-21-12-13-22(25)18(3)14-21/h5-14H,15H2,1-4H3,(H,26,28). The molecule has 7 heteroatoms. The van der Waals surface area contributed by atoms with E-state index in [0.717, 1.165) is 26.7 Å². The molecule has 0 aliphatic heterocycles. The highest BCUT2D eigenvalue weighted by molar-refractivity contribution is 9.10. The number of sulfonamides is 1. The van der Waals surface area contributed by atoms with E-state index in [1.54, 1.807) is 24.3 Å². The third-order valence-corrected chi connectivity index (χ3v) is 7.05. The zero-order chi connectivity index (χ0) is 22.8. The molecule has 1 amide bonds. The minimum Gasteiger partial charge on any atom is -0.322 e. The average Bonchev–Trinajstić information content (AvgIpc) is 2.69. The number of amides is 1. The molecule has 0 saturated heterocycles. The molecule has 3 rings (SSSR count). The Morgan fingerprint density at radius 3 is 2.10 bits per heavy atom. The maximum atomic E-state index is 12.6. The van der Waals surface area contributed by atoms with Gasteiger partial charge in [0.15, 0.2) is 0 Å². The molecular formula is C24H25BrN2O3S. The number of halogens is 1. The number of rotatable bonds is 6. The number of nitrogens with zero attached hydrogens (tertiary/aromatic N) is 1. The fraction of sp³-hybridized carbons (Fsp3) is 0.208. The van der Waals surface area contributed by atoms with Crippen LogP contribution in [0.25, 0.3) is 0 Å². The summed E-state index contributed by atoms with van der Waals surface area (Å²) in [7, 11) is -3.49. The second-order valence-corrected chi connectivity index (χ2v) is 10.4. The molecule has 31 heavy (non-hydrogen) atoms. The molecule has 0 unspecified atom stereocenters. The summed E-state index contributed by atoms with van der Waals surface area (Å²) in [6.45, 7) is 5.95. The van der Waals surface area contributed by atoms with Crippen molar-refractivity contribution in [2.75, 3.05) is 15.9 Å². The van der Waals surface area contributed by atoms with E-state index in [9.17, 15) is 13.2 Å². The van der Waals surface area contributed by atoms with Crippen LogP contribution in [-0.4, -0.2) is 20.6 Å². The Hall–Kier alpha value is -2.64. The number of aryl methyl sites for hydroxylation is 3. The van der Waals surface area contributed by atoms with E-state index in [1.165, 1.54) is 10.6 Å². The lowest BCUT2D eigenvalue weighted by Crippen LogP contribution is -2.30. The van der Waals surface area contributed by atoms with E-state index < -0.39 is 10.0 Å². The number of anilines is 2. The fourth-order valence-corrected chi connectivity index (χ4v) is 4.66. The van der Waals surface area contributed by atoms with Crippen molar-refractivity contribution in [3.8, 4) is 0 Å². The van der Waals surface area contributed by atoms with Crippen LogP contribution >= 0.6 is 15.9 Å². The number of benzene rings is 3. The van der Waals surface area contributed by atoms with E-state index in [1.807, 2.05) is 57.2 Å². The first-order chi connectivity index (χ1) is 14.6. The van der Waals surface area contributed by atoms with Gasteiger partial charge in [-0.15, -0.1) is 0 Å². The minimum absolute atomic E-state index is 0.193. The van der Waals surface area contributed by atoms with Crippen LogP contribution in [0.3, 0.4) is 0 Å². The molecule has 5 nitrogen and oxygen atoms in total. The van der Waals surface area contributed by atoms with Gasteiger partial charge in [0.1, 0.15) is 0 Å². The third kappa shape index (κ3) is 5.54. The van der Waals surface area contributed by atoms with Gasteiger partial charge in [0, 0.05) is 15.7 Å². The number of hydrogen-bond donors (Lipinski definition) is 1. The number of carbonyl (C=O) groups excluding carboxylic acids is 1. The van der Waals surface area contributed by atoms with Crippen LogP contribution in [0, 0.1) is 20.8 Å². The molecule has 1 N–H and O–H groups in total. The van der Waals surface area contributed by atoms with Gasteiger partial charge < -0.3 is 5.32 Å². The Morgan fingerprint density at radius 1 is 0.935 bits per heavy atom. The van der Waals surface area contributed by atoms with Gasteiger partial charge in [-0.1, -0.05) is 46.3 Å². The topological polar surface area (TPSA) is 66.5 Å². The molecule has 0 aliphatic rings. The van der Waals surface area contributed by atoms with Crippen molar-refractivity contribution < 1.29 is 13.2 Å². The Balaban J connectivity index is 1.81. The second kappa shape index (κ2) is 9.24. The van der Waals surface area contributed by atoms with Crippen molar-refractivity contribution in [3.05, 3.63) is 93.0 Å². The smallest absolute Gasteiger partial charge is 0.255 e. The van der Waals surface area contributed by atoms with Gasteiger partial charge in [-0.3, -0.25) is 9.10 Å². The molecule has 3 aromatic carbocycles. The van der Waals surface area contributed by atoms with Gasteiger partial charge in [0.05, 0.1) is 18.5 Å². The molecule has 3 aromatic rings. The lowest BCUT2D eigenvalue weighted by atomic mass is 10.1. The predicted octanol–water partition coefficient (Wildman–Crippen LogP) is 5.59. The molecule has 0 aromatic heterocycles. The third-order valence-electron chi connectivity index (χ3n) is 5.05. The summed E-state index contributed by atoms with van der Waals surface area (Å²) >= 11 is 3.45. The number of hydrogen-bond acceptors (Lipinski definition) is 3. The van der Waals surface area contributed by atoms with Gasteiger partial charge >= 0.3 is 0 Å². The summed E-state index contributed by atoms with van der Waals surface area (Å²) in [6, 6.07) is 18.3. The molecule has 162 valence electrons. The monoisotopic (exact) mass is 500 g/mol. The van der Waals surface area contributed by atoms with Crippen molar-refractivity contribution in [2.24, 2.45) is 0 Å². The molecular weight excluding hydrogens is 476 g/mol. The fourth-order valence-electron chi connectivity index (χ4n) is 3.41. The maximum Gasteiger partial charge on any atom is 0.255 e. The first-order valence-electron chi connectivity index (χ1n) is 9.76. The van der Waals surface area contributed by atoms with Crippen molar-refractivity contribution >= 4 is 43.2 Å². The summed E-state index contributed by atoms with van der Waals surface area (Å²) in [5.74, 6) is -0.219. The molecule has 0 heterocycles. The summed E-state index contributed by atoms with van der Waals surface area (Å²) in [5.41, 5.74) is 5.52. The Kier molecular flexibility index (Phi) is 6.86. The molecule has 0 saturated carbocycles. The SMILES string of the molecule is Cc1cc(NC(=O)c2ccc(CN(c3c(C)cccc3C)S(C)(=O)=O)cc2)ccc1Br. The number of para-hydroxylation sites is 1. The van der Waals surface area contributed by atoms with Crippen molar-refractivity contribution in [2.45, 2.75) is 27.3 Å². The van der Waals surface area contributed by atoms with Crippen LogP contribution in [0.2, 0.25) is 0 Å². The molecule has 0 atom stereocenters. The summed E-state index contributed by atoms with van der Waals surface area (Å²) in [6.07, 6.45) is 1.21. The van der Waals surface area contributed by atoms with Gasteiger partial charge in [-0.2, -0.15) is 0 Å². The highest BCUT2D eigenvalue weighted by Crippen LogP contribution is 2.28. The van der Waals surface area contributed by atoms with Crippen LogP contribution in [0.15, 0.2) is 65.1 Å². The number of carbonyl (C=O) groups is 1. The van der Waals surface area contributed by atoms with E-state index in [4.69, 9.17) is 0 Å². The van der Waals surface area contributed by atoms with Crippen LogP contribution in [-0.2, 0) is 16.6 Å². The van der Waals surface area contributed by atoms with Crippen LogP contribution in [0.4, 0.5) is 11.4 Å². The number of nitrogens with one attached hydrogen (secondary N) is 1. The van der Waals surface area contributed by atoms with Crippen molar-refractivity contribution in [3.63, 3.8) is 0 Å². The van der Waals surface area contributed by atoms with E-state index in [-0.39, 0.29) is 12.5 Å². The predicted molar refractivity (Wildman–Crippen MR) is 130 cm³/mol. The summed E-state index contributed by atoms with van der Waals surface area (Å²) in [5, 5.41) is 2.89. The van der Waals surface area contributed by atoms with Crippen molar-refractivity contribution in [1.82, 2.24) is 0 Å². The zero-order valence-corrected chi connectivity index (χ0v) is 20.3. The lowest BCUT2D eigenvalue weighted by molar-refractivity contribution is 0.102. The lowest BCUT2D eigenvalue weighted by Gasteiger charge is -2.26. The maximum absolute atomic E-state index is 12.6. The average molecular weight is 501 g/mol. The van der Waals surface area contributed by atoms with Crippen LogP contribution in [0.5, 0.6) is 0 Å². The van der Waals surface area contributed by atoms with Crippen LogP contribution < -0.4 is 9.62 Å². The van der Waals surface area contributed by atoms with Gasteiger partial charge in [-0.25, -0.2) is 8.42 Å². The normalized spacial score (nSPS) is 11.3. The molecule has 0 spiro atoms. The van der Waals surface area contributed by atoms with E-state index >= 15 is 0 Å².